The number of aryl methyl sites for hydroxylation is 1. The minimum Gasteiger partial charge on any atom is -0.497 e. The van der Waals surface area contributed by atoms with Crippen molar-refractivity contribution in [2.45, 2.75) is 6.92 Å². The molecule has 1 aliphatic heterocycles. The number of nitrogens with two attached hydrogens (primary N) is 1. The monoisotopic (exact) mass is 478 g/mol. The van der Waals surface area contributed by atoms with Crippen LogP contribution >= 0.6 is 0 Å². The van der Waals surface area contributed by atoms with Crippen LogP contribution in [-0.4, -0.2) is 45.2 Å². The van der Waals surface area contributed by atoms with E-state index in [1.807, 2.05) is 11.8 Å². The summed E-state index contributed by atoms with van der Waals surface area (Å²) < 4.78 is 24.8. The fourth-order valence-corrected chi connectivity index (χ4v) is 3.80. The summed E-state index contributed by atoms with van der Waals surface area (Å²) in [6, 6.07) is 14.2. The largest absolute Gasteiger partial charge is 0.497 e. The molecule has 0 bridgehead atoms. The van der Waals surface area contributed by atoms with E-state index in [0.29, 0.717) is 54.8 Å². The number of morpholine rings is 1. The van der Waals surface area contributed by atoms with Crippen LogP contribution in [0.15, 0.2) is 54.6 Å². The quantitative estimate of drug-likeness (QED) is 0.462. The van der Waals surface area contributed by atoms with Crippen LogP contribution in [0.2, 0.25) is 0 Å². The molecule has 3 aromatic carbocycles. The lowest BCUT2D eigenvalue weighted by atomic mass is 10.1. The van der Waals surface area contributed by atoms with Crippen LogP contribution in [0.25, 0.3) is 0 Å². The molecule has 0 atom stereocenters. The maximum absolute atomic E-state index is 14.3. The number of carbonyl (C=O) groups excluding carboxylic acids is 2. The Bertz CT molecular complexity index is 1260. The summed E-state index contributed by atoms with van der Waals surface area (Å²) in [7, 11) is 1.51. The summed E-state index contributed by atoms with van der Waals surface area (Å²) in [5.74, 6) is -0.856. The van der Waals surface area contributed by atoms with Gasteiger partial charge in [0.15, 0.2) is 0 Å². The van der Waals surface area contributed by atoms with Crippen molar-refractivity contribution in [1.82, 2.24) is 0 Å². The first-order valence-electron chi connectivity index (χ1n) is 11.1. The fourth-order valence-electron chi connectivity index (χ4n) is 3.80. The Labute approximate surface area is 202 Å². The highest BCUT2D eigenvalue weighted by atomic mass is 19.1. The van der Waals surface area contributed by atoms with E-state index in [1.54, 1.807) is 42.5 Å². The molecule has 1 fully saturated rings. The van der Waals surface area contributed by atoms with Crippen LogP contribution in [0.1, 0.15) is 26.3 Å². The number of rotatable bonds is 6. The average molecular weight is 479 g/mol. The normalized spacial score (nSPS) is 13.3. The molecular weight excluding hydrogens is 451 g/mol. The highest BCUT2D eigenvalue weighted by Crippen LogP contribution is 2.25. The van der Waals surface area contributed by atoms with E-state index >= 15 is 0 Å². The smallest absolute Gasteiger partial charge is 0.257 e. The van der Waals surface area contributed by atoms with E-state index in [1.165, 1.54) is 19.2 Å². The van der Waals surface area contributed by atoms with E-state index < -0.39 is 17.6 Å². The van der Waals surface area contributed by atoms with E-state index in [9.17, 15) is 14.0 Å². The van der Waals surface area contributed by atoms with Crippen molar-refractivity contribution in [2.24, 2.45) is 0 Å². The van der Waals surface area contributed by atoms with E-state index in [2.05, 4.69) is 10.6 Å². The van der Waals surface area contributed by atoms with Gasteiger partial charge >= 0.3 is 0 Å². The zero-order valence-corrected chi connectivity index (χ0v) is 19.6. The maximum Gasteiger partial charge on any atom is 0.257 e. The average Bonchev–Trinajstić information content (AvgIpc) is 2.86. The molecule has 182 valence electrons. The molecule has 3 aromatic rings. The van der Waals surface area contributed by atoms with Crippen molar-refractivity contribution in [2.75, 3.05) is 54.7 Å². The molecule has 0 aliphatic carbocycles. The molecule has 9 heteroatoms. The number of anilines is 4. The molecule has 1 heterocycles. The second kappa shape index (κ2) is 10.4. The minimum atomic E-state index is -0.494. The summed E-state index contributed by atoms with van der Waals surface area (Å²) in [4.78, 5) is 27.7. The van der Waals surface area contributed by atoms with Crippen molar-refractivity contribution < 1.29 is 23.5 Å². The number of halogens is 1. The lowest BCUT2D eigenvalue weighted by Gasteiger charge is -2.29. The third kappa shape index (κ3) is 5.70. The van der Waals surface area contributed by atoms with Gasteiger partial charge in [-0.15, -0.1) is 0 Å². The Hall–Kier alpha value is -4.11. The molecule has 1 aliphatic rings. The van der Waals surface area contributed by atoms with Crippen LogP contribution in [0.4, 0.5) is 27.1 Å². The van der Waals surface area contributed by atoms with E-state index in [-0.39, 0.29) is 11.1 Å². The second-order valence-corrected chi connectivity index (χ2v) is 8.19. The van der Waals surface area contributed by atoms with Gasteiger partial charge in [0.25, 0.3) is 11.8 Å². The third-order valence-corrected chi connectivity index (χ3v) is 5.77. The lowest BCUT2D eigenvalue weighted by molar-refractivity contribution is 0.101. The van der Waals surface area contributed by atoms with Crippen molar-refractivity contribution in [3.63, 3.8) is 0 Å². The molecule has 1 saturated heterocycles. The number of hydrogen-bond donors (Lipinski definition) is 3. The highest BCUT2D eigenvalue weighted by molar-refractivity contribution is 6.09. The first-order valence-corrected chi connectivity index (χ1v) is 11.1. The highest BCUT2D eigenvalue weighted by Gasteiger charge is 2.17. The molecule has 8 nitrogen and oxygen atoms in total. The second-order valence-electron chi connectivity index (χ2n) is 8.19. The van der Waals surface area contributed by atoms with Crippen LogP contribution in [0.3, 0.4) is 0 Å². The number of benzene rings is 3. The number of carbonyl (C=O) groups is 2. The predicted octanol–water partition coefficient (Wildman–Crippen LogP) is 4.07. The molecule has 0 aromatic heterocycles. The van der Waals surface area contributed by atoms with Gasteiger partial charge in [0.05, 0.1) is 25.9 Å². The Morgan fingerprint density at radius 2 is 1.77 bits per heavy atom. The number of methoxy groups -OCH3 is 1. The summed E-state index contributed by atoms with van der Waals surface area (Å²) in [5, 5.41) is 5.61. The van der Waals surface area contributed by atoms with Crippen molar-refractivity contribution >= 4 is 34.6 Å². The minimum absolute atomic E-state index is 0.196. The van der Waals surface area contributed by atoms with Crippen molar-refractivity contribution in [1.29, 1.82) is 0 Å². The first-order chi connectivity index (χ1) is 16.8. The third-order valence-electron chi connectivity index (χ3n) is 5.77. The van der Waals surface area contributed by atoms with E-state index in [0.717, 1.165) is 5.56 Å². The van der Waals surface area contributed by atoms with Crippen LogP contribution in [-0.2, 0) is 4.74 Å². The molecule has 2 amide bonds. The van der Waals surface area contributed by atoms with Gasteiger partial charge in [-0.2, -0.15) is 0 Å². The van der Waals surface area contributed by atoms with Gasteiger partial charge in [-0.05, 0) is 61.0 Å². The molecule has 4 rings (SSSR count). The fraction of sp³-hybridized carbons (Fsp3) is 0.231. The van der Waals surface area contributed by atoms with Gasteiger partial charge in [0, 0.05) is 41.4 Å². The van der Waals surface area contributed by atoms with Crippen molar-refractivity contribution in [3.8, 4) is 5.75 Å². The molecule has 4 N–H and O–H groups in total. The van der Waals surface area contributed by atoms with Crippen LogP contribution in [0, 0.1) is 12.7 Å². The number of hydrogen-bond acceptors (Lipinski definition) is 6. The number of amides is 2. The van der Waals surface area contributed by atoms with Gasteiger partial charge in [-0.1, -0.05) is 6.07 Å². The Kier molecular flexibility index (Phi) is 7.17. The van der Waals surface area contributed by atoms with Crippen LogP contribution < -0.4 is 26.0 Å². The summed E-state index contributed by atoms with van der Waals surface area (Å²) in [6.45, 7) is 4.19. The maximum atomic E-state index is 14.3. The molecule has 0 radical (unpaired) electrons. The van der Waals surface area contributed by atoms with Gasteiger partial charge in [-0.3, -0.25) is 9.59 Å². The predicted molar refractivity (Wildman–Crippen MR) is 134 cm³/mol. The molecular formula is C26H27FN4O4. The number of nitrogen functional groups attached to an aromatic ring is 1. The van der Waals surface area contributed by atoms with Crippen molar-refractivity contribution in [3.05, 3.63) is 77.1 Å². The Morgan fingerprint density at radius 1 is 1.00 bits per heavy atom. The van der Waals surface area contributed by atoms with Gasteiger partial charge in [0.1, 0.15) is 11.6 Å². The Balaban J connectivity index is 1.52. The Morgan fingerprint density at radius 3 is 2.51 bits per heavy atom. The van der Waals surface area contributed by atoms with Gasteiger partial charge in [0.2, 0.25) is 0 Å². The van der Waals surface area contributed by atoms with Gasteiger partial charge < -0.3 is 30.7 Å². The molecule has 0 unspecified atom stereocenters. The lowest BCUT2D eigenvalue weighted by Crippen LogP contribution is -2.36. The van der Waals surface area contributed by atoms with E-state index in [4.69, 9.17) is 15.2 Å². The standard InChI is InChI=1S/C26H27FN4O4/c1-16-3-4-19(14-24(16)30-26(33)22-15-21(34-2)5-6-23(22)28)29-25(32)17-11-18(27)13-20(12-17)31-7-9-35-10-8-31/h3-6,11-15H,7-10,28H2,1-2H3,(H,29,32)(H,30,33). The van der Waals surface area contributed by atoms with Gasteiger partial charge in [-0.25, -0.2) is 4.39 Å². The number of ether oxygens (including phenoxy) is 2. The zero-order valence-electron chi connectivity index (χ0n) is 19.6. The zero-order chi connectivity index (χ0) is 24.9. The number of nitrogens with zero attached hydrogens (tertiary/aromatic N) is 1. The summed E-state index contributed by atoms with van der Waals surface area (Å²) >= 11 is 0. The SMILES string of the molecule is COc1ccc(N)c(C(=O)Nc2cc(NC(=O)c3cc(F)cc(N4CCOCC4)c3)ccc2C)c1. The summed E-state index contributed by atoms with van der Waals surface area (Å²) in [6.07, 6.45) is 0. The first kappa shape index (κ1) is 24.0. The topological polar surface area (TPSA) is 106 Å². The van der Waals surface area contributed by atoms with Crippen LogP contribution in [0.5, 0.6) is 5.75 Å². The summed E-state index contributed by atoms with van der Waals surface area (Å²) in [5.41, 5.74) is 9.12. The molecule has 35 heavy (non-hydrogen) atoms. The molecule has 0 spiro atoms. The number of nitrogens with one attached hydrogen (secondary N) is 2. The molecule has 0 saturated carbocycles.